The summed E-state index contributed by atoms with van der Waals surface area (Å²) in [6.45, 7) is 4.47. The van der Waals surface area contributed by atoms with E-state index in [-0.39, 0.29) is 5.56 Å². The van der Waals surface area contributed by atoms with E-state index in [1.54, 1.807) is 18.6 Å². The standard InChI is InChI=1S/C19H20ClN7O/c1-3-4-14-8-17(28)27-19(23-14)24-18(25-27)22-10-13-7-15(5-6-16(13)20)26-11-21-9-12(26)2/h5-9,11H,3-4,10H2,1-2H3,(H2,22,23,24,25). The number of anilines is 1. The van der Waals surface area contributed by atoms with Crippen molar-refractivity contribution in [3.8, 4) is 5.69 Å². The summed E-state index contributed by atoms with van der Waals surface area (Å²) in [7, 11) is 0. The summed E-state index contributed by atoms with van der Waals surface area (Å²) in [5.74, 6) is 0.787. The van der Waals surface area contributed by atoms with E-state index in [0.29, 0.717) is 23.3 Å². The van der Waals surface area contributed by atoms with Gasteiger partial charge >= 0.3 is 0 Å². The Morgan fingerprint density at radius 1 is 1.29 bits per heavy atom. The first-order valence-corrected chi connectivity index (χ1v) is 9.43. The number of aromatic amines is 1. The van der Waals surface area contributed by atoms with Gasteiger partial charge in [0.15, 0.2) is 0 Å². The van der Waals surface area contributed by atoms with Crippen LogP contribution in [0.1, 0.15) is 30.3 Å². The first-order chi connectivity index (χ1) is 13.5. The maximum Gasteiger partial charge on any atom is 0.275 e. The summed E-state index contributed by atoms with van der Waals surface area (Å²) in [5.41, 5.74) is 3.55. The van der Waals surface area contributed by atoms with Crippen molar-refractivity contribution < 1.29 is 0 Å². The summed E-state index contributed by atoms with van der Waals surface area (Å²) in [4.78, 5) is 23.9. The van der Waals surface area contributed by atoms with E-state index in [1.807, 2.05) is 29.7 Å². The highest BCUT2D eigenvalue weighted by atomic mass is 35.5. The average molecular weight is 398 g/mol. The topological polar surface area (TPSA) is 92.9 Å². The van der Waals surface area contributed by atoms with Gasteiger partial charge in [0, 0.05) is 40.9 Å². The molecule has 0 aliphatic rings. The number of nitrogens with zero attached hydrogens (tertiary/aromatic N) is 5. The predicted octanol–water partition coefficient (Wildman–Crippen LogP) is 3.13. The van der Waals surface area contributed by atoms with Gasteiger partial charge in [-0.25, -0.2) is 4.98 Å². The van der Waals surface area contributed by atoms with Crippen molar-refractivity contribution in [1.82, 2.24) is 29.1 Å². The van der Waals surface area contributed by atoms with Crippen LogP contribution in [0.2, 0.25) is 5.02 Å². The molecule has 0 spiro atoms. The Balaban J connectivity index is 1.58. The van der Waals surface area contributed by atoms with E-state index < -0.39 is 0 Å². The molecule has 0 amide bonds. The number of rotatable bonds is 6. The minimum absolute atomic E-state index is 0.201. The van der Waals surface area contributed by atoms with Crippen LogP contribution in [0.4, 0.5) is 5.95 Å². The van der Waals surface area contributed by atoms with Crippen LogP contribution >= 0.6 is 11.6 Å². The van der Waals surface area contributed by atoms with Crippen molar-refractivity contribution in [1.29, 1.82) is 0 Å². The predicted molar refractivity (Wildman–Crippen MR) is 108 cm³/mol. The number of fused-ring (bicyclic) bond motifs is 1. The molecule has 0 saturated heterocycles. The Morgan fingerprint density at radius 3 is 2.89 bits per heavy atom. The molecule has 144 valence electrons. The van der Waals surface area contributed by atoms with E-state index in [0.717, 1.165) is 35.5 Å². The van der Waals surface area contributed by atoms with Crippen molar-refractivity contribution in [3.63, 3.8) is 0 Å². The lowest BCUT2D eigenvalue weighted by Crippen LogP contribution is -2.15. The number of nitrogens with one attached hydrogen (secondary N) is 2. The highest BCUT2D eigenvalue weighted by Gasteiger charge is 2.10. The second-order valence-electron chi connectivity index (χ2n) is 6.59. The van der Waals surface area contributed by atoms with E-state index in [1.165, 1.54) is 4.52 Å². The van der Waals surface area contributed by atoms with Crippen molar-refractivity contribution in [2.45, 2.75) is 33.2 Å². The zero-order valence-corrected chi connectivity index (χ0v) is 16.4. The van der Waals surface area contributed by atoms with Gasteiger partial charge < -0.3 is 14.9 Å². The van der Waals surface area contributed by atoms with E-state index in [9.17, 15) is 4.79 Å². The molecule has 0 radical (unpaired) electrons. The lowest BCUT2D eigenvalue weighted by Gasteiger charge is -2.10. The molecule has 1 aromatic carbocycles. The number of H-pyrrole nitrogens is 1. The number of hydrogen-bond donors (Lipinski definition) is 2. The quantitative estimate of drug-likeness (QED) is 0.521. The number of hydrogen-bond acceptors (Lipinski definition) is 5. The maximum absolute atomic E-state index is 12.2. The largest absolute Gasteiger partial charge is 0.349 e. The Morgan fingerprint density at radius 2 is 2.14 bits per heavy atom. The van der Waals surface area contributed by atoms with Gasteiger partial charge in [0.2, 0.25) is 11.7 Å². The molecule has 0 unspecified atom stereocenters. The summed E-state index contributed by atoms with van der Waals surface area (Å²) in [5, 5.41) is 8.02. The second-order valence-corrected chi connectivity index (χ2v) is 7.00. The van der Waals surface area contributed by atoms with Gasteiger partial charge in [0.05, 0.1) is 6.33 Å². The maximum atomic E-state index is 12.2. The molecule has 0 aliphatic carbocycles. The second kappa shape index (κ2) is 7.47. The molecule has 0 saturated carbocycles. The molecule has 2 N–H and O–H groups in total. The van der Waals surface area contributed by atoms with Crippen LogP contribution < -0.4 is 10.9 Å². The monoisotopic (exact) mass is 397 g/mol. The number of imidazole rings is 1. The van der Waals surface area contributed by atoms with Gasteiger partial charge in [-0.2, -0.15) is 9.50 Å². The molecule has 3 heterocycles. The molecular formula is C19H20ClN7O. The lowest BCUT2D eigenvalue weighted by atomic mass is 10.2. The molecule has 3 aromatic heterocycles. The van der Waals surface area contributed by atoms with Crippen LogP contribution in [-0.4, -0.2) is 29.1 Å². The highest BCUT2D eigenvalue weighted by molar-refractivity contribution is 6.31. The minimum atomic E-state index is -0.201. The third kappa shape index (κ3) is 3.50. The van der Waals surface area contributed by atoms with Crippen molar-refractivity contribution >= 4 is 23.3 Å². The highest BCUT2D eigenvalue weighted by Crippen LogP contribution is 2.21. The average Bonchev–Trinajstić information content (AvgIpc) is 3.28. The zero-order chi connectivity index (χ0) is 19.7. The Hall–Kier alpha value is -3.13. The number of halogens is 1. The Bertz CT molecular complexity index is 1190. The normalized spacial score (nSPS) is 11.2. The molecule has 9 heteroatoms. The van der Waals surface area contributed by atoms with Crippen molar-refractivity contribution in [2.75, 3.05) is 5.32 Å². The minimum Gasteiger partial charge on any atom is -0.349 e. The molecule has 4 aromatic rings. The van der Waals surface area contributed by atoms with Crippen molar-refractivity contribution in [3.05, 3.63) is 69.1 Å². The molecule has 4 rings (SSSR count). The van der Waals surface area contributed by atoms with Crippen LogP contribution in [0.15, 0.2) is 41.6 Å². The molecule has 8 nitrogen and oxygen atoms in total. The van der Waals surface area contributed by atoms with Crippen LogP contribution in [0, 0.1) is 6.92 Å². The van der Waals surface area contributed by atoms with E-state index in [2.05, 4.69) is 32.3 Å². The number of benzene rings is 1. The zero-order valence-electron chi connectivity index (χ0n) is 15.6. The first-order valence-electron chi connectivity index (χ1n) is 9.05. The number of aromatic nitrogens is 6. The summed E-state index contributed by atoms with van der Waals surface area (Å²) in [6.07, 6.45) is 5.30. The summed E-state index contributed by atoms with van der Waals surface area (Å²) in [6, 6.07) is 7.34. The fourth-order valence-corrected chi connectivity index (χ4v) is 3.25. The van der Waals surface area contributed by atoms with Gasteiger partial charge in [0.25, 0.3) is 5.56 Å². The third-order valence-corrected chi connectivity index (χ3v) is 4.84. The third-order valence-electron chi connectivity index (χ3n) is 4.47. The molecule has 28 heavy (non-hydrogen) atoms. The lowest BCUT2D eigenvalue weighted by molar-refractivity contribution is 0.837. The van der Waals surface area contributed by atoms with Crippen LogP contribution in [0.3, 0.4) is 0 Å². The fraction of sp³-hybridized carbons (Fsp3) is 0.263. The SMILES string of the molecule is CCCc1cc(=O)n2nc(NCc3cc(-n4cncc4C)ccc3Cl)nc2[nH]1. The van der Waals surface area contributed by atoms with Crippen LogP contribution in [-0.2, 0) is 13.0 Å². The van der Waals surface area contributed by atoms with E-state index >= 15 is 0 Å². The van der Waals surface area contributed by atoms with Gasteiger partial charge in [-0.15, -0.1) is 5.10 Å². The molecule has 0 fully saturated rings. The molecule has 0 atom stereocenters. The van der Waals surface area contributed by atoms with Crippen molar-refractivity contribution in [2.24, 2.45) is 0 Å². The van der Waals surface area contributed by atoms with Gasteiger partial charge in [0.1, 0.15) is 0 Å². The van der Waals surface area contributed by atoms with Gasteiger partial charge in [-0.3, -0.25) is 4.79 Å². The summed E-state index contributed by atoms with van der Waals surface area (Å²) < 4.78 is 3.24. The molecule has 0 bridgehead atoms. The summed E-state index contributed by atoms with van der Waals surface area (Å²) >= 11 is 6.36. The fourth-order valence-electron chi connectivity index (χ4n) is 3.07. The first kappa shape index (κ1) is 18.2. The smallest absolute Gasteiger partial charge is 0.275 e. The van der Waals surface area contributed by atoms with Crippen LogP contribution in [0.25, 0.3) is 11.5 Å². The van der Waals surface area contributed by atoms with Gasteiger partial charge in [-0.05, 0) is 37.1 Å². The Kier molecular flexibility index (Phi) is 4.87. The molecular weight excluding hydrogens is 378 g/mol. The van der Waals surface area contributed by atoms with E-state index in [4.69, 9.17) is 11.6 Å². The molecule has 0 aliphatic heterocycles. The van der Waals surface area contributed by atoms with Gasteiger partial charge in [-0.1, -0.05) is 24.9 Å². The Labute approximate surface area is 166 Å². The number of aryl methyl sites for hydroxylation is 2. The van der Waals surface area contributed by atoms with Crippen LogP contribution in [0.5, 0.6) is 0 Å².